The number of anilines is 2. The third kappa shape index (κ3) is 4.65. The monoisotopic (exact) mass is 338 g/mol. The highest BCUT2D eigenvalue weighted by atomic mass is 19.4. The Morgan fingerprint density at radius 2 is 1.79 bits per heavy atom. The van der Waals surface area contributed by atoms with Gasteiger partial charge in [-0.05, 0) is 30.3 Å². The van der Waals surface area contributed by atoms with Crippen LogP contribution in [0.2, 0.25) is 0 Å². The predicted octanol–water partition coefficient (Wildman–Crippen LogP) is 3.79. The smallest absolute Gasteiger partial charge is 0.416 e. The first-order chi connectivity index (χ1) is 11.3. The number of carbonyl (C=O) groups excluding carboxylic acids is 1. The van der Waals surface area contributed by atoms with Crippen LogP contribution in [0.3, 0.4) is 0 Å². The molecule has 128 valence electrons. The molecule has 0 heterocycles. The highest BCUT2D eigenvalue weighted by Gasteiger charge is 2.31. The SMILES string of the molecule is CN(C)c1ccc(C(F)(F)F)cc1NC(=O)COc1ccccc1. The summed E-state index contributed by atoms with van der Waals surface area (Å²) in [5.41, 5.74) is -0.278. The maximum absolute atomic E-state index is 12.9. The molecule has 0 radical (unpaired) electrons. The van der Waals surface area contributed by atoms with Crippen LogP contribution in [0.15, 0.2) is 48.5 Å². The van der Waals surface area contributed by atoms with E-state index >= 15 is 0 Å². The lowest BCUT2D eigenvalue weighted by molar-refractivity contribution is -0.137. The van der Waals surface area contributed by atoms with Crippen LogP contribution in [0.25, 0.3) is 0 Å². The van der Waals surface area contributed by atoms with Crippen LogP contribution in [-0.4, -0.2) is 26.6 Å². The average molecular weight is 338 g/mol. The first-order valence-electron chi connectivity index (χ1n) is 7.13. The molecule has 0 aliphatic rings. The van der Waals surface area contributed by atoms with Crippen molar-refractivity contribution in [1.82, 2.24) is 0 Å². The second-order valence-corrected chi connectivity index (χ2v) is 5.27. The summed E-state index contributed by atoms with van der Waals surface area (Å²) in [6, 6.07) is 11.9. The zero-order valence-corrected chi connectivity index (χ0v) is 13.2. The van der Waals surface area contributed by atoms with Crippen molar-refractivity contribution >= 4 is 17.3 Å². The minimum Gasteiger partial charge on any atom is -0.484 e. The lowest BCUT2D eigenvalue weighted by atomic mass is 10.1. The molecule has 0 saturated carbocycles. The first kappa shape index (κ1) is 17.7. The zero-order valence-electron chi connectivity index (χ0n) is 13.2. The number of hydrogen-bond donors (Lipinski definition) is 1. The zero-order chi connectivity index (χ0) is 17.7. The van der Waals surface area contributed by atoms with Crippen molar-refractivity contribution in [1.29, 1.82) is 0 Å². The molecule has 0 unspecified atom stereocenters. The van der Waals surface area contributed by atoms with E-state index in [0.717, 1.165) is 12.1 Å². The molecule has 2 aromatic carbocycles. The van der Waals surface area contributed by atoms with Gasteiger partial charge in [-0.25, -0.2) is 0 Å². The highest BCUT2D eigenvalue weighted by Crippen LogP contribution is 2.34. The molecule has 7 heteroatoms. The largest absolute Gasteiger partial charge is 0.484 e. The minimum absolute atomic E-state index is 0.0801. The summed E-state index contributed by atoms with van der Waals surface area (Å²) in [6.45, 7) is -0.298. The molecule has 0 spiro atoms. The summed E-state index contributed by atoms with van der Waals surface area (Å²) >= 11 is 0. The average Bonchev–Trinajstić information content (AvgIpc) is 2.53. The van der Waals surface area contributed by atoms with Crippen molar-refractivity contribution in [2.75, 3.05) is 30.9 Å². The molecule has 1 N–H and O–H groups in total. The van der Waals surface area contributed by atoms with E-state index in [4.69, 9.17) is 4.74 Å². The second kappa shape index (κ2) is 7.25. The molecule has 0 saturated heterocycles. The fraction of sp³-hybridized carbons (Fsp3) is 0.235. The summed E-state index contributed by atoms with van der Waals surface area (Å²) in [6.07, 6.45) is -4.48. The minimum atomic E-state index is -4.48. The maximum Gasteiger partial charge on any atom is 0.416 e. The summed E-state index contributed by atoms with van der Waals surface area (Å²) < 4.78 is 43.9. The van der Waals surface area contributed by atoms with Crippen LogP contribution in [0, 0.1) is 0 Å². The fourth-order valence-corrected chi connectivity index (χ4v) is 2.05. The van der Waals surface area contributed by atoms with Crippen molar-refractivity contribution in [3.63, 3.8) is 0 Å². The third-order valence-corrected chi connectivity index (χ3v) is 3.19. The Hall–Kier alpha value is -2.70. The second-order valence-electron chi connectivity index (χ2n) is 5.27. The van der Waals surface area contributed by atoms with Gasteiger partial charge in [-0.1, -0.05) is 18.2 Å². The number of carbonyl (C=O) groups is 1. The van der Waals surface area contributed by atoms with E-state index in [9.17, 15) is 18.0 Å². The molecular weight excluding hydrogens is 321 g/mol. The molecule has 0 aliphatic carbocycles. The van der Waals surface area contributed by atoms with Crippen LogP contribution in [0.4, 0.5) is 24.5 Å². The number of nitrogens with zero attached hydrogens (tertiary/aromatic N) is 1. The van der Waals surface area contributed by atoms with Gasteiger partial charge in [0.05, 0.1) is 16.9 Å². The summed E-state index contributed by atoms with van der Waals surface area (Å²) in [5, 5.41) is 2.47. The van der Waals surface area contributed by atoms with Crippen LogP contribution in [0.5, 0.6) is 5.75 Å². The Morgan fingerprint density at radius 1 is 1.12 bits per heavy atom. The standard InChI is InChI=1S/C17H17F3N2O2/c1-22(2)15-9-8-12(17(18,19)20)10-14(15)21-16(23)11-24-13-6-4-3-5-7-13/h3-10H,11H2,1-2H3,(H,21,23). The topological polar surface area (TPSA) is 41.6 Å². The van der Waals surface area contributed by atoms with E-state index in [1.807, 2.05) is 0 Å². The van der Waals surface area contributed by atoms with E-state index < -0.39 is 17.6 Å². The van der Waals surface area contributed by atoms with E-state index in [0.29, 0.717) is 11.4 Å². The van der Waals surface area contributed by atoms with Gasteiger partial charge in [-0.2, -0.15) is 13.2 Å². The van der Waals surface area contributed by atoms with Crippen molar-refractivity contribution in [2.45, 2.75) is 6.18 Å². The number of rotatable bonds is 5. The van der Waals surface area contributed by atoms with E-state index in [2.05, 4.69) is 5.32 Å². The van der Waals surface area contributed by atoms with Gasteiger partial charge in [0, 0.05) is 14.1 Å². The number of para-hydroxylation sites is 1. The summed E-state index contributed by atoms with van der Waals surface area (Å²) in [7, 11) is 3.36. The lowest BCUT2D eigenvalue weighted by Crippen LogP contribution is -2.22. The Kier molecular flexibility index (Phi) is 5.33. The Morgan fingerprint density at radius 3 is 2.38 bits per heavy atom. The van der Waals surface area contributed by atoms with Crippen molar-refractivity contribution in [2.24, 2.45) is 0 Å². The molecule has 4 nitrogen and oxygen atoms in total. The summed E-state index contributed by atoms with van der Waals surface area (Å²) in [4.78, 5) is 13.6. The molecule has 0 aromatic heterocycles. The molecule has 1 amide bonds. The van der Waals surface area contributed by atoms with Crippen molar-refractivity contribution < 1.29 is 22.7 Å². The number of amides is 1. The normalized spacial score (nSPS) is 11.0. The number of hydrogen-bond acceptors (Lipinski definition) is 3. The van der Waals surface area contributed by atoms with Gasteiger partial charge >= 0.3 is 6.18 Å². The van der Waals surface area contributed by atoms with Gasteiger partial charge in [0.25, 0.3) is 5.91 Å². The van der Waals surface area contributed by atoms with E-state index in [1.165, 1.54) is 6.07 Å². The third-order valence-electron chi connectivity index (χ3n) is 3.19. The van der Waals surface area contributed by atoms with E-state index in [-0.39, 0.29) is 12.3 Å². The predicted molar refractivity (Wildman–Crippen MR) is 86.3 cm³/mol. The molecule has 0 atom stereocenters. The first-order valence-corrected chi connectivity index (χ1v) is 7.13. The number of halogens is 3. The van der Waals surface area contributed by atoms with Crippen LogP contribution in [0.1, 0.15) is 5.56 Å². The maximum atomic E-state index is 12.9. The van der Waals surface area contributed by atoms with Gasteiger partial charge in [-0.3, -0.25) is 4.79 Å². The quantitative estimate of drug-likeness (QED) is 0.902. The molecule has 0 aliphatic heterocycles. The number of benzene rings is 2. The molecule has 0 bridgehead atoms. The highest BCUT2D eigenvalue weighted by molar-refractivity contribution is 5.95. The number of ether oxygens (including phenoxy) is 1. The molecule has 2 aromatic rings. The lowest BCUT2D eigenvalue weighted by Gasteiger charge is -2.20. The van der Waals surface area contributed by atoms with Gasteiger partial charge in [0.15, 0.2) is 6.61 Å². The summed E-state index contributed by atoms with van der Waals surface area (Å²) in [5.74, 6) is -0.0363. The Labute approximate surface area is 137 Å². The van der Waals surface area contributed by atoms with Gasteiger partial charge in [0.1, 0.15) is 5.75 Å². The Bertz CT molecular complexity index is 701. The van der Waals surface area contributed by atoms with Crippen molar-refractivity contribution in [3.8, 4) is 5.75 Å². The molecular formula is C17H17F3N2O2. The van der Waals surface area contributed by atoms with Gasteiger partial charge < -0.3 is 15.0 Å². The molecule has 2 rings (SSSR count). The van der Waals surface area contributed by atoms with Gasteiger partial charge in [0.2, 0.25) is 0 Å². The van der Waals surface area contributed by atoms with Gasteiger partial charge in [-0.15, -0.1) is 0 Å². The van der Waals surface area contributed by atoms with Crippen LogP contribution < -0.4 is 15.0 Å². The number of alkyl halides is 3. The Balaban J connectivity index is 2.13. The van der Waals surface area contributed by atoms with E-state index in [1.54, 1.807) is 49.3 Å². The molecule has 0 fully saturated rings. The van der Waals surface area contributed by atoms with Crippen LogP contribution >= 0.6 is 0 Å². The van der Waals surface area contributed by atoms with Crippen molar-refractivity contribution in [3.05, 3.63) is 54.1 Å². The van der Waals surface area contributed by atoms with Crippen LogP contribution in [-0.2, 0) is 11.0 Å². The number of nitrogens with one attached hydrogen (secondary N) is 1. The fourth-order valence-electron chi connectivity index (χ4n) is 2.05. The molecule has 24 heavy (non-hydrogen) atoms.